The molecule has 0 spiro atoms. The highest BCUT2D eigenvalue weighted by atomic mass is 16.5. The zero-order chi connectivity index (χ0) is 18.9. The number of rotatable bonds is 4. The van der Waals surface area contributed by atoms with E-state index in [-0.39, 0.29) is 17.7 Å². The molecule has 1 aromatic heterocycles. The van der Waals surface area contributed by atoms with E-state index in [4.69, 9.17) is 9.72 Å². The Morgan fingerprint density at radius 1 is 1.19 bits per heavy atom. The largest absolute Gasteiger partial charge is 0.491 e. The molecular formula is C22H34N4O. The summed E-state index contributed by atoms with van der Waals surface area (Å²) in [4.78, 5) is 11.6. The number of hydrogen-bond acceptors (Lipinski definition) is 5. The van der Waals surface area contributed by atoms with Crippen molar-refractivity contribution in [1.82, 2.24) is 16.1 Å². The topological polar surface area (TPSA) is 73.2 Å². The maximum Gasteiger partial charge on any atom is 0.225 e. The number of hydrogen-bond donors (Lipinski definition) is 1. The van der Waals surface area contributed by atoms with E-state index in [2.05, 4.69) is 69.6 Å². The average molecular weight is 371 g/mol. The molecule has 3 N–H and O–H groups in total. The molecule has 1 fully saturated rings. The van der Waals surface area contributed by atoms with E-state index in [1.54, 1.807) is 0 Å². The van der Waals surface area contributed by atoms with Gasteiger partial charge in [0.1, 0.15) is 5.75 Å². The van der Waals surface area contributed by atoms with Crippen LogP contribution in [0.3, 0.4) is 0 Å². The van der Waals surface area contributed by atoms with Gasteiger partial charge < -0.3 is 15.8 Å². The Morgan fingerprint density at radius 2 is 1.93 bits per heavy atom. The van der Waals surface area contributed by atoms with Crippen molar-refractivity contribution in [3.8, 4) is 17.0 Å². The molecule has 0 saturated carbocycles. The molecule has 1 aliphatic heterocycles. The van der Waals surface area contributed by atoms with Crippen LogP contribution in [-0.4, -0.2) is 29.2 Å². The molecule has 1 aliphatic rings. The van der Waals surface area contributed by atoms with Gasteiger partial charge in [-0.25, -0.2) is 9.97 Å². The lowest BCUT2D eigenvalue weighted by molar-refractivity contribution is 0.236. The van der Waals surface area contributed by atoms with Crippen molar-refractivity contribution in [2.45, 2.75) is 59.5 Å². The maximum absolute atomic E-state index is 6.04. The van der Waals surface area contributed by atoms with Crippen molar-refractivity contribution in [1.29, 1.82) is 0 Å². The van der Waals surface area contributed by atoms with E-state index < -0.39 is 0 Å². The van der Waals surface area contributed by atoms with Crippen LogP contribution in [0.1, 0.15) is 53.5 Å². The molecule has 1 aromatic carbocycles. The molecule has 1 unspecified atom stereocenters. The third kappa shape index (κ3) is 4.98. The van der Waals surface area contributed by atoms with Gasteiger partial charge in [-0.05, 0) is 55.9 Å². The molecule has 0 amide bonds. The Labute approximate surface area is 163 Å². The molecule has 1 atom stereocenters. The van der Waals surface area contributed by atoms with Crippen molar-refractivity contribution in [3.63, 3.8) is 0 Å². The minimum Gasteiger partial charge on any atom is -0.491 e. The fourth-order valence-corrected chi connectivity index (χ4v) is 3.41. The zero-order valence-electron chi connectivity index (χ0n) is 17.6. The van der Waals surface area contributed by atoms with Crippen LogP contribution in [0.4, 0.5) is 5.95 Å². The van der Waals surface area contributed by atoms with Crippen LogP contribution in [-0.2, 0) is 5.41 Å². The van der Waals surface area contributed by atoms with Crippen molar-refractivity contribution in [3.05, 3.63) is 36.0 Å². The lowest BCUT2D eigenvalue weighted by Crippen LogP contribution is -2.21. The fourth-order valence-electron chi connectivity index (χ4n) is 3.41. The molecule has 5 heteroatoms. The number of nitrogens with zero attached hydrogens (tertiary/aromatic N) is 3. The number of benzene rings is 1. The highest BCUT2D eigenvalue weighted by molar-refractivity contribution is 5.64. The van der Waals surface area contributed by atoms with Gasteiger partial charge in [0.15, 0.2) is 0 Å². The molecule has 2 heterocycles. The van der Waals surface area contributed by atoms with Crippen molar-refractivity contribution in [2.24, 2.45) is 5.92 Å². The van der Waals surface area contributed by atoms with Gasteiger partial charge in [0, 0.05) is 30.4 Å². The van der Waals surface area contributed by atoms with Crippen LogP contribution in [0.2, 0.25) is 0 Å². The highest BCUT2D eigenvalue weighted by Crippen LogP contribution is 2.35. The van der Waals surface area contributed by atoms with Gasteiger partial charge in [0.25, 0.3) is 0 Å². The summed E-state index contributed by atoms with van der Waals surface area (Å²) in [7, 11) is 0. The third-order valence-corrected chi connectivity index (χ3v) is 4.80. The molecule has 1 saturated heterocycles. The maximum atomic E-state index is 6.04. The van der Waals surface area contributed by atoms with Crippen LogP contribution in [0.25, 0.3) is 11.3 Å². The van der Waals surface area contributed by atoms with Gasteiger partial charge in [-0.15, -0.1) is 0 Å². The minimum absolute atomic E-state index is 0. The summed E-state index contributed by atoms with van der Waals surface area (Å²) in [6.07, 6.45) is 3.24. The molecule has 148 valence electrons. The summed E-state index contributed by atoms with van der Waals surface area (Å²) in [5, 5.41) is 0. The Bertz CT molecular complexity index is 767. The highest BCUT2D eigenvalue weighted by Gasteiger charge is 2.23. The first-order valence-corrected chi connectivity index (χ1v) is 9.63. The summed E-state index contributed by atoms with van der Waals surface area (Å²) in [6, 6.07) is 8.39. The van der Waals surface area contributed by atoms with E-state index in [0.29, 0.717) is 5.92 Å². The number of anilines is 1. The van der Waals surface area contributed by atoms with Crippen LogP contribution >= 0.6 is 0 Å². The van der Waals surface area contributed by atoms with E-state index in [1.165, 1.54) is 12.0 Å². The van der Waals surface area contributed by atoms with Crippen LogP contribution < -0.4 is 15.8 Å². The van der Waals surface area contributed by atoms with Crippen LogP contribution in [0.5, 0.6) is 5.75 Å². The predicted octanol–water partition coefficient (Wildman–Crippen LogP) is 5.24. The first-order valence-electron chi connectivity index (χ1n) is 9.63. The summed E-state index contributed by atoms with van der Waals surface area (Å²) in [5.41, 5.74) is 3.29. The summed E-state index contributed by atoms with van der Waals surface area (Å²) >= 11 is 0. The number of ether oxygens (including phenoxy) is 1. The van der Waals surface area contributed by atoms with Crippen molar-refractivity contribution < 1.29 is 4.74 Å². The Kier molecular flexibility index (Phi) is 6.47. The molecule has 27 heavy (non-hydrogen) atoms. The summed E-state index contributed by atoms with van der Waals surface area (Å²) < 4.78 is 6.04. The molecule has 0 radical (unpaired) electrons. The van der Waals surface area contributed by atoms with Gasteiger partial charge in [-0.2, -0.15) is 0 Å². The second kappa shape index (κ2) is 8.26. The van der Waals surface area contributed by atoms with Crippen molar-refractivity contribution in [2.75, 3.05) is 18.0 Å². The molecule has 5 nitrogen and oxygen atoms in total. The van der Waals surface area contributed by atoms with E-state index in [1.807, 2.05) is 12.3 Å². The Hall–Kier alpha value is -2.14. The quantitative estimate of drug-likeness (QED) is 0.797. The van der Waals surface area contributed by atoms with E-state index in [9.17, 15) is 0 Å². The Morgan fingerprint density at radius 3 is 2.52 bits per heavy atom. The second-order valence-corrected chi connectivity index (χ2v) is 8.71. The standard InChI is InChI=1S/C22H31N3O.H3N/c1-15(2)26-20-8-7-17(13-18(20)22(4,5)6)19-9-11-23-21(24-19)25-12-10-16(3)14-25;/h7-9,11,13,15-16H,10,12,14H2,1-6H3;1H3. The van der Waals surface area contributed by atoms with E-state index >= 15 is 0 Å². The summed E-state index contributed by atoms with van der Waals surface area (Å²) in [6.45, 7) is 15.1. The molecule has 3 rings (SSSR count). The SMILES string of the molecule is CC1CCN(c2nccc(-c3ccc(OC(C)C)c(C(C)(C)C)c3)n2)C1.N. The predicted molar refractivity (Wildman–Crippen MR) is 113 cm³/mol. The van der Waals surface area contributed by atoms with E-state index in [0.717, 1.165) is 36.0 Å². The molecule has 0 bridgehead atoms. The number of aromatic nitrogens is 2. The molecule has 0 aliphatic carbocycles. The summed E-state index contributed by atoms with van der Waals surface area (Å²) in [5.74, 6) is 2.51. The van der Waals surface area contributed by atoms with Gasteiger partial charge in [-0.1, -0.05) is 27.7 Å². The zero-order valence-corrected chi connectivity index (χ0v) is 17.6. The minimum atomic E-state index is 0. The third-order valence-electron chi connectivity index (χ3n) is 4.80. The first-order chi connectivity index (χ1) is 12.2. The van der Waals surface area contributed by atoms with Gasteiger partial charge >= 0.3 is 0 Å². The average Bonchev–Trinajstić information content (AvgIpc) is 3.00. The monoisotopic (exact) mass is 370 g/mol. The van der Waals surface area contributed by atoms with Crippen LogP contribution in [0, 0.1) is 5.92 Å². The fraction of sp³-hybridized carbons (Fsp3) is 0.545. The first kappa shape index (κ1) is 21.2. The smallest absolute Gasteiger partial charge is 0.225 e. The lowest BCUT2D eigenvalue weighted by atomic mass is 9.85. The molecular weight excluding hydrogens is 336 g/mol. The second-order valence-electron chi connectivity index (χ2n) is 8.71. The Balaban J connectivity index is 0.00000261. The normalized spacial score (nSPS) is 17.1. The van der Waals surface area contributed by atoms with Gasteiger partial charge in [0.2, 0.25) is 5.95 Å². The lowest BCUT2D eigenvalue weighted by Gasteiger charge is -2.25. The van der Waals surface area contributed by atoms with Gasteiger partial charge in [0.05, 0.1) is 11.8 Å². The van der Waals surface area contributed by atoms with Gasteiger partial charge in [-0.3, -0.25) is 0 Å². The van der Waals surface area contributed by atoms with Crippen molar-refractivity contribution >= 4 is 5.95 Å². The van der Waals surface area contributed by atoms with Crippen LogP contribution in [0.15, 0.2) is 30.5 Å². The molecule has 2 aromatic rings.